The molecule has 0 aliphatic heterocycles. The van der Waals surface area contributed by atoms with E-state index < -0.39 is 15.9 Å². The highest BCUT2D eigenvalue weighted by molar-refractivity contribution is 7.89. The van der Waals surface area contributed by atoms with Crippen molar-refractivity contribution >= 4 is 37.5 Å². The van der Waals surface area contributed by atoms with Gasteiger partial charge in [-0.1, -0.05) is 78.1 Å². The van der Waals surface area contributed by atoms with Crippen molar-refractivity contribution in [1.82, 2.24) is 4.57 Å². The molecule has 0 saturated carbocycles. The van der Waals surface area contributed by atoms with Crippen LogP contribution in [0.1, 0.15) is 17.0 Å². The molecule has 8 heteroatoms. The molecule has 0 fully saturated rings. The second kappa shape index (κ2) is 9.04. The fourth-order valence-electron chi connectivity index (χ4n) is 3.55. The van der Waals surface area contributed by atoms with Crippen LogP contribution in [-0.2, 0) is 21.4 Å². The van der Waals surface area contributed by atoms with Crippen LogP contribution in [-0.4, -0.2) is 18.9 Å². The van der Waals surface area contributed by atoms with Crippen molar-refractivity contribution in [3.63, 3.8) is 0 Å². The zero-order valence-electron chi connectivity index (χ0n) is 17.1. The van der Waals surface area contributed by atoms with Gasteiger partial charge in [0.1, 0.15) is 0 Å². The van der Waals surface area contributed by atoms with E-state index in [1.165, 1.54) is 23.5 Å². The minimum Gasteiger partial charge on any atom is -0.313 e. The minimum atomic E-state index is -3.84. The van der Waals surface area contributed by atoms with Gasteiger partial charge in [-0.15, -0.1) is 6.58 Å². The average Bonchev–Trinajstić information content (AvgIpc) is 3.11. The molecular formula is C24H21N3O3S2. The average molecular weight is 464 g/mol. The summed E-state index contributed by atoms with van der Waals surface area (Å²) in [5, 5.41) is 5.28. The standard InChI is InChI=1S/C24H21N3O3S2/c1-2-15-27-20-14-13-19(32(25,29)30)16-21(20)31-24(27)26-23(28)22(17-9-5-3-6-10-17)18-11-7-4-8-12-18/h2-14,16,22H,1,15H2,(H2,25,29,30). The van der Waals surface area contributed by atoms with E-state index in [-0.39, 0.29) is 10.8 Å². The SMILES string of the molecule is C=CCn1c(=NC(=O)C(c2ccccc2)c2ccccc2)sc2cc(S(N)(=O)=O)ccc21. The molecule has 162 valence electrons. The third-order valence-electron chi connectivity index (χ3n) is 5.01. The third-order valence-corrected chi connectivity index (χ3v) is 6.97. The summed E-state index contributed by atoms with van der Waals surface area (Å²) in [6.07, 6.45) is 1.70. The van der Waals surface area contributed by atoms with Crippen molar-refractivity contribution in [2.45, 2.75) is 17.4 Å². The van der Waals surface area contributed by atoms with Crippen molar-refractivity contribution in [2.24, 2.45) is 10.1 Å². The molecule has 0 unspecified atom stereocenters. The number of nitrogens with two attached hydrogens (primary N) is 1. The van der Waals surface area contributed by atoms with Gasteiger partial charge in [0.2, 0.25) is 10.0 Å². The number of carbonyl (C=O) groups is 1. The Morgan fingerprint density at radius 3 is 2.16 bits per heavy atom. The van der Waals surface area contributed by atoms with E-state index in [1.807, 2.05) is 65.2 Å². The van der Waals surface area contributed by atoms with E-state index in [2.05, 4.69) is 11.6 Å². The monoisotopic (exact) mass is 463 g/mol. The number of benzene rings is 3. The number of fused-ring (bicyclic) bond motifs is 1. The number of hydrogen-bond donors (Lipinski definition) is 1. The second-order valence-corrected chi connectivity index (χ2v) is 9.73. The number of thiazole rings is 1. The van der Waals surface area contributed by atoms with E-state index in [4.69, 9.17) is 5.14 Å². The molecule has 2 N–H and O–H groups in total. The summed E-state index contributed by atoms with van der Waals surface area (Å²) in [7, 11) is -3.84. The summed E-state index contributed by atoms with van der Waals surface area (Å²) in [5.74, 6) is -0.863. The molecule has 3 aromatic carbocycles. The molecule has 0 aliphatic rings. The van der Waals surface area contributed by atoms with Crippen LogP contribution < -0.4 is 9.94 Å². The van der Waals surface area contributed by atoms with Gasteiger partial charge in [0.25, 0.3) is 5.91 Å². The van der Waals surface area contributed by atoms with E-state index in [0.29, 0.717) is 16.0 Å². The van der Waals surface area contributed by atoms with E-state index >= 15 is 0 Å². The van der Waals surface area contributed by atoms with Crippen LogP contribution in [0.5, 0.6) is 0 Å². The highest BCUT2D eigenvalue weighted by Crippen LogP contribution is 2.26. The van der Waals surface area contributed by atoms with Crippen molar-refractivity contribution < 1.29 is 13.2 Å². The van der Waals surface area contributed by atoms with Crippen LogP contribution in [0, 0.1) is 0 Å². The maximum absolute atomic E-state index is 13.5. The van der Waals surface area contributed by atoms with Gasteiger partial charge in [-0.3, -0.25) is 4.79 Å². The van der Waals surface area contributed by atoms with E-state index in [0.717, 1.165) is 16.6 Å². The lowest BCUT2D eigenvalue weighted by molar-refractivity contribution is -0.118. The lowest BCUT2D eigenvalue weighted by atomic mass is 9.91. The highest BCUT2D eigenvalue weighted by atomic mass is 32.2. The molecule has 4 aromatic rings. The van der Waals surface area contributed by atoms with Crippen LogP contribution >= 0.6 is 11.3 Å². The van der Waals surface area contributed by atoms with Crippen LogP contribution in [0.2, 0.25) is 0 Å². The molecule has 0 atom stereocenters. The Kier molecular flexibility index (Phi) is 6.18. The summed E-state index contributed by atoms with van der Waals surface area (Å²) >= 11 is 1.24. The number of nitrogens with zero attached hydrogens (tertiary/aromatic N) is 2. The molecule has 0 aliphatic carbocycles. The lowest BCUT2D eigenvalue weighted by Crippen LogP contribution is -2.20. The number of primary sulfonamides is 1. The number of amides is 1. The van der Waals surface area contributed by atoms with Gasteiger partial charge in [0.05, 0.1) is 21.0 Å². The fraction of sp³-hybridized carbons (Fsp3) is 0.0833. The highest BCUT2D eigenvalue weighted by Gasteiger charge is 2.23. The Bertz CT molecular complexity index is 1420. The quantitative estimate of drug-likeness (QED) is 0.441. The molecule has 0 spiro atoms. The molecule has 0 bridgehead atoms. The zero-order valence-corrected chi connectivity index (χ0v) is 18.7. The van der Waals surface area contributed by atoms with Crippen LogP contribution in [0.15, 0.2) is 101 Å². The Morgan fingerprint density at radius 2 is 1.62 bits per heavy atom. The molecular weight excluding hydrogens is 442 g/mol. The molecule has 1 aromatic heterocycles. The van der Waals surface area contributed by atoms with Crippen molar-refractivity contribution in [3.8, 4) is 0 Å². The van der Waals surface area contributed by atoms with Gasteiger partial charge in [0.15, 0.2) is 4.80 Å². The van der Waals surface area contributed by atoms with Crippen molar-refractivity contribution in [2.75, 3.05) is 0 Å². The maximum atomic E-state index is 13.5. The number of carbonyl (C=O) groups excluding carboxylic acids is 1. The lowest BCUT2D eigenvalue weighted by Gasteiger charge is -2.14. The summed E-state index contributed by atoms with van der Waals surface area (Å²) < 4.78 is 26.0. The van der Waals surface area contributed by atoms with Gasteiger partial charge in [0, 0.05) is 6.54 Å². The molecule has 32 heavy (non-hydrogen) atoms. The van der Waals surface area contributed by atoms with Gasteiger partial charge in [-0.05, 0) is 29.3 Å². The maximum Gasteiger partial charge on any atom is 0.260 e. The Hall–Kier alpha value is -3.33. The van der Waals surface area contributed by atoms with E-state index in [9.17, 15) is 13.2 Å². The normalized spacial score (nSPS) is 12.4. The number of aromatic nitrogens is 1. The third kappa shape index (κ3) is 4.47. The molecule has 0 saturated heterocycles. The topological polar surface area (TPSA) is 94.5 Å². The van der Waals surface area contributed by atoms with Crippen LogP contribution in [0.3, 0.4) is 0 Å². The number of hydrogen-bond acceptors (Lipinski definition) is 4. The number of allylic oxidation sites excluding steroid dienone is 1. The first-order chi connectivity index (χ1) is 15.4. The zero-order chi connectivity index (χ0) is 22.7. The predicted molar refractivity (Wildman–Crippen MR) is 127 cm³/mol. The molecule has 6 nitrogen and oxygen atoms in total. The first-order valence-corrected chi connectivity index (χ1v) is 12.2. The Morgan fingerprint density at radius 1 is 1.03 bits per heavy atom. The predicted octanol–water partition coefficient (Wildman–Crippen LogP) is 3.80. The molecule has 4 rings (SSSR count). The second-order valence-electron chi connectivity index (χ2n) is 7.16. The van der Waals surface area contributed by atoms with Crippen molar-refractivity contribution in [3.05, 3.63) is 107 Å². The number of rotatable bonds is 6. The Balaban J connectivity index is 1.88. The Labute approximate surface area is 190 Å². The fourth-order valence-corrected chi connectivity index (χ4v) is 5.25. The summed E-state index contributed by atoms with van der Waals surface area (Å²) in [5.41, 5.74) is 2.45. The van der Waals surface area contributed by atoms with Crippen molar-refractivity contribution in [1.29, 1.82) is 0 Å². The summed E-state index contributed by atoms with van der Waals surface area (Å²) in [6.45, 7) is 4.21. The molecule has 0 radical (unpaired) electrons. The first kappa shape index (κ1) is 21.9. The smallest absolute Gasteiger partial charge is 0.260 e. The van der Waals surface area contributed by atoms with Gasteiger partial charge >= 0.3 is 0 Å². The number of sulfonamides is 1. The summed E-state index contributed by atoms with van der Waals surface area (Å²) in [4.78, 5) is 18.4. The van der Waals surface area contributed by atoms with Gasteiger partial charge < -0.3 is 4.57 Å². The molecule has 1 heterocycles. The van der Waals surface area contributed by atoms with Crippen LogP contribution in [0.4, 0.5) is 0 Å². The summed E-state index contributed by atoms with van der Waals surface area (Å²) in [6, 6.07) is 23.6. The van der Waals surface area contributed by atoms with Gasteiger partial charge in [-0.2, -0.15) is 4.99 Å². The first-order valence-electron chi connectivity index (χ1n) is 9.84. The minimum absolute atomic E-state index is 0.0151. The van der Waals surface area contributed by atoms with Crippen LogP contribution in [0.25, 0.3) is 10.2 Å². The largest absolute Gasteiger partial charge is 0.313 e. The molecule has 1 amide bonds. The van der Waals surface area contributed by atoms with E-state index in [1.54, 1.807) is 12.1 Å². The van der Waals surface area contributed by atoms with Gasteiger partial charge in [-0.25, -0.2) is 13.6 Å².